The number of carbonyl (C=O) groups is 2. The molecule has 9 nitrogen and oxygen atoms in total. The van der Waals surface area contributed by atoms with Gasteiger partial charge in [-0.25, -0.2) is 4.79 Å². The maximum absolute atomic E-state index is 12.2. The fourth-order valence-corrected chi connectivity index (χ4v) is 3.71. The predicted molar refractivity (Wildman–Crippen MR) is 181 cm³/mol. The van der Waals surface area contributed by atoms with Gasteiger partial charge in [0, 0.05) is 28.0 Å². The third-order valence-electron chi connectivity index (χ3n) is 5.34. The maximum atomic E-state index is 12.2. The Labute approximate surface area is 324 Å². The van der Waals surface area contributed by atoms with E-state index in [2.05, 4.69) is 76.6 Å². The molecule has 0 aromatic rings. The van der Waals surface area contributed by atoms with Crippen LogP contribution in [0.25, 0.3) is 0 Å². The summed E-state index contributed by atoms with van der Waals surface area (Å²) in [5, 5.41) is 0. The van der Waals surface area contributed by atoms with E-state index in [0.717, 1.165) is 19.3 Å². The Hall–Kier alpha value is -1.63. The van der Waals surface area contributed by atoms with E-state index < -0.39 is 39.1 Å². The van der Waals surface area contributed by atoms with Crippen molar-refractivity contribution in [1.29, 1.82) is 0 Å². The SMILES string of the molecule is C#CC#CC#CC#CC#CC#CC(=O)OC[C@H](COP(=O)([O-])[O-])OC(=O)CCCCCCCCCCCCCCC.N.[HH].[HH].[HH].[HH].[HH].[HH].[HH].[HH].[HH].[HH].[HH].[Na+].[Na+]. The Morgan fingerprint density at radius 3 is 1.61 bits per heavy atom. The van der Waals surface area contributed by atoms with Crippen molar-refractivity contribution in [3.8, 4) is 71.5 Å². The molecule has 12 heteroatoms. The first kappa shape index (κ1) is 49.3. The van der Waals surface area contributed by atoms with E-state index in [0.29, 0.717) is 6.42 Å². The van der Waals surface area contributed by atoms with Crippen LogP contribution in [0, 0.1) is 71.5 Å². The van der Waals surface area contributed by atoms with E-state index in [-0.39, 0.29) is 87.4 Å². The number of phosphoric ester groups is 1. The summed E-state index contributed by atoms with van der Waals surface area (Å²) in [7, 11) is -5.32. The molecule has 0 saturated carbocycles. The molecule has 1 atom stereocenters. The van der Waals surface area contributed by atoms with Crippen LogP contribution in [0.4, 0.5) is 0 Å². The second kappa shape index (κ2) is 35.8. The summed E-state index contributed by atoms with van der Waals surface area (Å²) in [5.74, 6) is 23.5. The van der Waals surface area contributed by atoms with Crippen LogP contribution in [0.1, 0.15) is 113 Å². The average molecular weight is 666 g/mol. The molecule has 0 saturated heterocycles. The molecule has 0 unspecified atom stereocenters. The number of hydrogen-bond donors (Lipinski definition) is 1. The van der Waals surface area contributed by atoms with Crippen LogP contribution in [0.3, 0.4) is 0 Å². The summed E-state index contributed by atoms with van der Waals surface area (Å²) < 4.78 is 25.0. The first-order valence-electron chi connectivity index (χ1n) is 13.8. The molecular formula is C32H62NNa2O8P. The molecule has 0 aromatic carbocycles. The third-order valence-corrected chi connectivity index (χ3v) is 5.80. The first-order valence-corrected chi connectivity index (χ1v) is 15.2. The summed E-state index contributed by atoms with van der Waals surface area (Å²) in [6, 6.07) is 0. The van der Waals surface area contributed by atoms with Gasteiger partial charge in [0.2, 0.25) is 0 Å². The van der Waals surface area contributed by atoms with Gasteiger partial charge in [-0.1, -0.05) is 84.0 Å². The van der Waals surface area contributed by atoms with Gasteiger partial charge in [0.05, 0.1) is 14.4 Å². The van der Waals surface area contributed by atoms with Gasteiger partial charge in [-0.2, -0.15) is 0 Å². The van der Waals surface area contributed by atoms with Gasteiger partial charge in [0.25, 0.3) is 0 Å². The molecule has 3 N–H and O–H groups in total. The first-order chi connectivity index (χ1) is 19.8. The van der Waals surface area contributed by atoms with E-state index in [1.54, 1.807) is 0 Å². The van der Waals surface area contributed by atoms with Gasteiger partial charge >= 0.3 is 71.1 Å². The standard InChI is InChI=1S/C32H39O8P.H3N.2Na.11H2/c1-3-5-7-9-11-13-15-16-17-19-21-23-25-27-32(34)40-30(29-39-41(35,36)37)28-38-31(33)26-24-22-20-18-14-12-10-8-6-4-2;;;;;;;;;;;;;;/h2,30H,3,5,7,9,11,13,15-17,19,21,23,25,27-29H2,1H3,(H2,35,36,37);1H3;;;11*1H/q;;2*+1;;;;;;;;;;;/p-2/t30-;;;;;;;;;;;;;;/m1............../s1. The fourth-order valence-electron chi connectivity index (χ4n) is 3.36. The predicted octanol–water partition coefficient (Wildman–Crippen LogP) is 0.294. The van der Waals surface area contributed by atoms with Crippen LogP contribution in [-0.4, -0.2) is 31.3 Å². The molecule has 0 aliphatic carbocycles. The number of phosphoric acid groups is 1. The van der Waals surface area contributed by atoms with E-state index in [9.17, 15) is 23.9 Å². The molecule has 0 radical (unpaired) electrons. The van der Waals surface area contributed by atoms with Crippen LogP contribution in [0.15, 0.2) is 0 Å². The molecule has 0 aliphatic rings. The molecule has 0 aliphatic heterocycles. The number of esters is 2. The summed E-state index contributed by atoms with van der Waals surface area (Å²) in [5.41, 5.74) is 0. The number of rotatable bonds is 20. The third kappa shape index (κ3) is 38.4. The monoisotopic (exact) mass is 665 g/mol. The summed E-state index contributed by atoms with van der Waals surface area (Å²) in [6.07, 6.45) is 18.8. The van der Waals surface area contributed by atoms with Crippen molar-refractivity contribution in [3.05, 3.63) is 0 Å². The average Bonchev–Trinajstić information content (AvgIpc) is 2.93. The van der Waals surface area contributed by atoms with Crippen molar-refractivity contribution < 1.29 is 113 Å². The molecule has 0 fully saturated rings. The van der Waals surface area contributed by atoms with Gasteiger partial charge in [-0.15, -0.1) is 6.42 Å². The van der Waals surface area contributed by atoms with E-state index in [1.807, 2.05) is 0 Å². The quantitative estimate of drug-likeness (QED) is 0.0482. The maximum Gasteiger partial charge on any atom is 1.00 e. The number of hydrogen-bond acceptors (Lipinski definition) is 9. The number of unbranched alkanes of at least 4 members (excludes halogenated alkanes) is 12. The van der Waals surface area contributed by atoms with E-state index >= 15 is 0 Å². The molecule has 0 bridgehead atoms. The Balaban J connectivity index is -0.0000000879. The summed E-state index contributed by atoms with van der Waals surface area (Å²) in [6.45, 7) is 0.882. The van der Waals surface area contributed by atoms with E-state index in [1.165, 1.54) is 57.8 Å². The van der Waals surface area contributed by atoms with Crippen LogP contribution in [0.2, 0.25) is 0 Å². The Morgan fingerprint density at radius 1 is 0.727 bits per heavy atom. The number of carbonyl (C=O) groups excluding carboxylic acids is 2. The molecule has 0 heterocycles. The topological polar surface area (TPSA) is 160 Å². The van der Waals surface area contributed by atoms with Crippen molar-refractivity contribution in [2.45, 2.75) is 103 Å². The van der Waals surface area contributed by atoms with Gasteiger partial charge in [-0.05, 0) is 65.6 Å². The second-order valence-corrected chi connectivity index (χ2v) is 9.99. The van der Waals surface area contributed by atoms with Gasteiger partial charge in [-0.3, -0.25) is 4.79 Å². The summed E-state index contributed by atoms with van der Waals surface area (Å²) in [4.78, 5) is 45.6. The van der Waals surface area contributed by atoms with Crippen molar-refractivity contribution in [2.24, 2.45) is 0 Å². The van der Waals surface area contributed by atoms with Crippen LogP contribution in [-0.2, 0) is 28.2 Å². The minimum atomic E-state index is -5.32. The number of ether oxygens (including phenoxy) is 2. The van der Waals surface area contributed by atoms with Crippen LogP contribution >= 0.6 is 7.82 Å². The molecular weight excluding hydrogens is 603 g/mol. The molecule has 0 aromatic heterocycles. The van der Waals surface area contributed by atoms with Crippen molar-refractivity contribution >= 4 is 19.8 Å². The van der Waals surface area contributed by atoms with Crippen molar-refractivity contribution in [2.75, 3.05) is 13.2 Å². The zero-order valence-electron chi connectivity index (χ0n) is 26.4. The zero-order chi connectivity index (χ0) is 30.4. The Kier molecular flexibility index (Phi) is 40.1. The van der Waals surface area contributed by atoms with Crippen molar-refractivity contribution in [1.82, 2.24) is 6.15 Å². The normalized spacial score (nSPS) is 9.50. The Bertz CT molecular complexity index is 1240. The van der Waals surface area contributed by atoms with Gasteiger partial charge in [0.1, 0.15) is 6.61 Å². The largest absolute Gasteiger partial charge is 1.00 e. The van der Waals surface area contributed by atoms with Crippen LogP contribution in [0.5, 0.6) is 0 Å². The molecule has 0 spiro atoms. The Morgan fingerprint density at radius 2 is 1.16 bits per heavy atom. The molecule has 44 heavy (non-hydrogen) atoms. The van der Waals surface area contributed by atoms with Gasteiger partial charge < -0.3 is 34.5 Å². The van der Waals surface area contributed by atoms with Crippen LogP contribution < -0.4 is 75.1 Å². The minimum absolute atomic E-state index is 0. The molecule has 0 rings (SSSR count). The summed E-state index contributed by atoms with van der Waals surface area (Å²) >= 11 is 0. The molecule has 250 valence electrons. The zero-order valence-corrected chi connectivity index (χ0v) is 31.3. The second-order valence-electron chi connectivity index (χ2n) is 8.84. The van der Waals surface area contributed by atoms with Gasteiger partial charge in [0.15, 0.2) is 6.10 Å². The molecule has 0 amide bonds. The minimum Gasteiger partial charge on any atom is -0.790 e. The van der Waals surface area contributed by atoms with E-state index in [4.69, 9.17) is 15.9 Å². The fraction of sp³-hybridized carbons (Fsp3) is 0.562. The number of terminal acetylenes is 1. The smallest absolute Gasteiger partial charge is 0.790 e. The van der Waals surface area contributed by atoms with Crippen molar-refractivity contribution in [3.63, 3.8) is 0 Å².